The van der Waals surface area contributed by atoms with Crippen molar-refractivity contribution in [3.8, 4) is 0 Å². The number of carbonyl (C=O) groups excluding carboxylic acids is 1. The summed E-state index contributed by atoms with van der Waals surface area (Å²) in [6.45, 7) is 5.80. The van der Waals surface area contributed by atoms with Crippen molar-refractivity contribution in [1.29, 1.82) is 0 Å². The summed E-state index contributed by atoms with van der Waals surface area (Å²) >= 11 is 0. The standard InChI is InChI=1S/C14H19FN2O3/c1-5-14(2,3)17(4)13(20)16-9-6-7-11(15)10(8-9)12(18)19/h6-8H,5H2,1-4H3,(H,16,20)(H,18,19). The fraction of sp³-hybridized carbons (Fsp3) is 0.429. The van der Waals surface area contributed by atoms with Gasteiger partial charge in [0.25, 0.3) is 0 Å². The molecule has 0 saturated heterocycles. The first-order valence-corrected chi connectivity index (χ1v) is 6.26. The van der Waals surface area contributed by atoms with Crippen LogP contribution in [0.2, 0.25) is 0 Å². The minimum atomic E-state index is -1.37. The number of hydrogen-bond acceptors (Lipinski definition) is 2. The Kier molecular flexibility index (Phi) is 4.70. The lowest BCUT2D eigenvalue weighted by atomic mass is 10.0. The Morgan fingerprint density at radius 1 is 1.40 bits per heavy atom. The maximum Gasteiger partial charge on any atom is 0.338 e. The third-order valence-electron chi connectivity index (χ3n) is 3.53. The molecule has 0 spiro atoms. The SMILES string of the molecule is CCC(C)(C)N(C)C(=O)Nc1ccc(F)c(C(=O)O)c1. The van der Waals surface area contributed by atoms with Crippen molar-refractivity contribution in [3.63, 3.8) is 0 Å². The van der Waals surface area contributed by atoms with Crippen LogP contribution in [0.4, 0.5) is 14.9 Å². The smallest absolute Gasteiger partial charge is 0.338 e. The number of urea groups is 1. The zero-order valence-electron chi connectivity index (χ0n) is 12.0. The maximum atomic E-state index is 13.3. The molecule has 0 atom stereocenters. The summed E-state index contributed by atoms with van der Waals surface area (Å²) < 4.78 is 13.3. The number of hydrogen-bond donors (Lipinski definition) is 2. The molecule has 1 aromatic carbocycles. The highest BCUT2D eigenvalue weighted by Gasteiger charge is 2.25. The van der Waals surface area contributed by atoms with Crippen LogP contribution in [0.3, 0.4) is 0 Å². The summed E-state index contributed by atoms with van der Waals surface area (Å²) in [4.78, 5) is 24.4. The molecule has 0 aliphatic rings. The molecule has 2 N–H and O–H groups in total. The van der Waals surface area contributed by atoms with Gasteiger partial charge in [0, 0.05) is 18.3 Å². The van der Waals surface area contributed by atoms with Gasteiger partial charge in [-0.05, 0) is 38.5 Å². The quantitative estimate of drug-likeness (QED) is 0.891. The lowest BCUT2D eigenvalue weighted by Gasteiger charge is -2.34. The van der Waals surface area contributed by atoms with Crippen LogP contribution in [0.5, 0.6) is 0 Å². The van der Waals surface area contributed by atoms with Crippen LogP contribution >= 0.6 is 0 Å². The van der Waals surface area contributed by atoms with Crippen LogP contribution in [-0.2, 0) is 0 Å². The van der Waals surface area contributed by atoms with Crippen LogP contribution in [0.25, 0.3) is 0 Å². The summed E-state index contributed by atoms with van der Waals surface area (Å²) in [5, 5.41) is 11.4. The van der Waals surface area contributed by atoms with Crippen molar-refractivity contribution in [1.82, 2.24) is 4.90 Å². The predicted octanol–water partition coefficient (Wildman–Crippen LogP) is 3.18. The number of amides is 2. The first-order valence-electron chi connectivity index (χ1n) is 6.26. The lowest BCUT2D eigenvalue weighted by molar-refractivity contribution is 0.0692. The van der Waals surface area contributed by atoms with Gasteiger partial charge < -0.3 is 15.3 Å². The molecular formula is C14H19FN2O3. The first kappa shape index (κ1) is 15.9. The van der Waals surface area contributed by atoms with Gasteiger partial charge in [0.05, 0.1) is 5.56 Å². The van der Waals surface area contributed by atoms with Crippen LogP contribution < -0.4 is 5.32 Å². The van der Waals surface area contributed by atoms with Gasteiger partial charge in [0.15, 0.2) is 0 Å². The Morgan fingerprint density at radius 3 is 2.50 bits per heavy atom. The molecule has 5 nitrogen and oxygen atoms in total. The third-order valence-corrected chi connectivity index (χ3v) is 3.53. The Balaban J connectivity index is 2.92. The number of halogens is 1. The zero-order chi connectivity index (χ0) is 15.5. The number of aromatic carboxylic acids is 1. The largest absolute Gasteiger partial charge is 0.478 e. The summed E-state index contributed by atoms with van der Waals surface area (Å²) in [6.07, 6.45) is 0.765. The molecule has 0 fully saturated rings. The second-order valence-corrected chi connectivity index (χ2v) is 5.15. The summed E-state index contributed by atoms with van der Waals surface area (Å²) in [6, 6.07) is 3.07. The molecule has 1 rings (SSSR count). The molecule has 0 bridgehead atoms. The van der Waals surface area contributed by atoms with E-state index >= 15 is 0 Å². The van der Waals surface area contributed by atoms with E-state index in [1.807, 2.05) is 20.8 Å². The van der Waals surface area contributed by atoms with E-state index in [0.29, 0.717) is 0 Å². The van der Waals surface area contributed by atoms with E-state index in [4.69, 9.17) is 5.11 Å². The van der Waals surface area contributed by atoms with E-state index in [1.165, 1.54) is 11.0 Å². The second kappa shape index (κ2) is 5.90. The normalized spacial score (nSPS) is 11.1. The molecule has 1 aromatic rings. The molecule has 0 aliphatic heterocycles. The predicted molar refractivity (Wildman–Crippen MR) is 74.5 cm³/mol. The van der Waals surface area contributed by atoms with Crippen molar-refractivity contribution in [2.24, 2.45) is 0 Å². The van der Waals surface area contributed by atoms with Crippen LogP contribution in [-0.4, -0.2) is 34.6 Å². The number of nitrogens with one attached hydrogen (secondary N) is 1. The van der Waals surface area contributed by atoms with Crippen molar-refractivity contribution < 1.29 is 19.1 Å². The van der Waals surface area contributed by atoms with Gasteiger partial charge in [-0.25, -0.2) is 14.0 Å². The second-order valence-electron chi connectivity index (χ2n) is 5.15. The van der Waals surface area contributed by atoms with Crippen LogP contribution in [0.1, 0.15) is 37.6 Å². The summed E-state index contributed by atoms with van der Waals surface area (Å²) in [7, 11) is 1.65. The molecule has 110 valence electrons. The van der Waals surface area contributed by atoms with E-state index in [-0.39, 0.29) is 17.3 Å². The van der Waals surface area contributed by atoms with E-state index in [0.717, 1.165) is 18.6 Å². The number of carboxylic acids is 1. The summed E-state index contributed by atoms with van der Waals surface area (Å²) in [5.41, 5.74) is -0.563. The number of nitrogens with zero attached hydrogens (tertiary/aromatic N) is 1. The summed E-state index contributed by atoms with van der Waals surface area (Å²) in [5.74, 6) is -2.21. The van der Waals surface area contributed by atoms with E-state index in [1.54, 1.807) is 7.05 Å². The van der Waals surface area contributed by atoms with Gasteiger partial charge in [-0.3, -0.25) is 0 Å². The Bertz CT molecular complexity index is 529. The van der Waals surface area contributed by atoms with Crippen LogP contribution in [0, 0.1) is 5.82 Å². The Hall–Kier alpha value is -2.11. The molecule has 0 heterocycles. The number of rotatable bonds is 4. The lowest BCUT2D eigenvalue weighted by Crippen LogP contribution is -2.46. The fourth-order valence-electron chi connectivity index (χ4n) is 1.49. The number of carboxylic acid groups (broad SMARTS) is 1. The van der Waals surface area contributed by atoms with Gasteiger partial charge in [0.2, 0.25) is 0 Å². The minimum Gasteiger partial charge on any atom is -0.478 e. The monoisotopic (exact) mass is 282 g/mol. The van der Waals surface area contributed by atoms with Gasteiger partial charge in [0.1, 0.15) is 5.82 Å². The Morgan fingerprint density at radius 2 is 2.00 bits per heavy atom. The maximum absolute atomic E-state index is 13.3. The van der Waals surface area contributed by atoms with E-state index in [2.05, 4.69) is 5.32 Å². The molecular weight excluding hydrogens is 263 g/mol. The van der Waals surface area contributed by atoms with Gasteiger partial charge in [-0.15, -0.1) is 0 Å². The molecule has 0 aromatic heterocycles. The molecule has 0 aliphatic carbocycles. The highest BCUT2D eigenvalue weighted by molar-refractivity contribution is 5.93. The average Bonchev–Trinajstić information content (AvgIpc) is 2.39. The highest BCUT2D eigenvalue weighted by atomic mass is 19.1. The third kappa shape index (κ3) is 3.46. The topological polar surface area (TPSA) is 69.6 Å². The molecule has 0 radical (unpaired) electrons. The number of benzene rings is 1. The van der Waals surface area contributed by atoms with Gasteiger partial charge >= 0.3 is 12.0 Å². The van der Waals surface area contributed by atoms with E-state index < -0.39 is 17.3 Å². The molecule has 20 heavy (non-hydrogen) atoms. The van der Waals surface area contributed by atoms with Crippen LogP contribution in [0.15, 0.2) is 18.2 Å². The zero-order valence-corrected chi connectivity index (χ0v) is 12.0. The minimum absolute atomic E-state index is 0.243. The molecule has 2 amide bonds. The average molecular weight is 282 g/mol. The van der Waals surface area contributed by atoms with Crippen molar-refractivity contribution in [3.05, 3.63) is 29.6 Å². The molecule has 6 heteroatoms. The fourth-order valence-corrected chi connectivity index (χ4v) is 1.49. The van der Waals surface area contributed by atoms with Crippen molar-refractivity contribution in [2.75, 3.05) is 12.4 Å². The van der Waals surface area contributed by atoms with Gasteiger partial charge in [-0.1, -0.05) is 6.92 Å². The Labute approximate surface area is 117 Å². The highest BCUT2D eigenvalue weighted by Crippen LogP contribution is 2.19. The molecule has 0 unspecified atom stereocenters. The van der Waals surface area contributed by atoms with E-state index in [9.17, 15) is 14.0 Å². The first-order chi connectivity index (χ1) is 9.19. The molecule has 0 saturated carbocycles. The van der Waals surface area contributed by atoms with Gasteiger partial charge in [-0.2, -0.15) is 0 Å². The number of carbonyl (C=O) groups is 2. The van der Waals surface area contributed by atoms with Crippen molar-refractivity contribution >= 4 is 17.7 Å². The van der Waals surface area contributed by atoms with Crippen molar-refractivity contribution in [2.45, 2.75) is 32.7 Å². The number of anilines is 1.